The monoisotopic (exact) mass is 325 g/mol. The maximum absolute atomic E-state index is 12.6. The van der Waals surface area contributed by atoms with Crippen LogP contribution in [0, 0.1) is 0 Å². The van der Waals surface area contributed by atoms with Crippen molar-refractivity contribution in [3.63, 3.8) is 0 Å². The first kappa shape index (κ1) is 15.8. The van der Waals surface area contributed by atoms with E-state index in [2.05, 4.69) is 4.98 Å². The van der Waals surface area contributed by atoms with Crippen LogP contribution in [0.15, 0.2) is 47.5 Å². The molecule has 0 bridgehead atoms. The smallest absolute Gasteiger partial charge is 0.244 e. The average molecular weight is 326 g/mol. The predicted molar refractivity (Wildman–Crippen MR) is 83.5 cm³/mol. The predicted octanol–water partition coefficient (Wildman–Crippen LogP) is 2.70. The van der Waals surface area contributed by atoms with Crippen molar-refractivity contribution in [2.45, 2.75) is 17.9 Å². The Kier molecular flexibility index (Phi) is 4.51. The van der Waals surface area contributed by atoms with Crippen molar-refractivity contribution in [3.8, 4) is 0 Å². The van der Waals surface area contributed by atoms with Crippen LogP contribution in [0.25, 0.3) is 0 Å². The van der Waals surface area contributed by atoms with E-state index in [0.717, 1.165) is 5.56 Å². The van der Waals surface area contributed by atoms with Gasteiger partial charge in [0.25, 0.3) is 0 Å². The third-order valence-corrected chi connectivity index (χ3v) is 5.46. The van der Waals surface area contributed by atoms with Gasteiger partial charge in [0.05, 0.1) is 0 Å². The van der Waals surface area contributed by atoms with Crippen molar-refractivity contribution in [2.75, 3.05) is 12.8 Å². The lowest BCUT2D eigenvalue weighted by Crippen LogP contribution is -2.30. The third kappa shape index (κ3) is 3.34. The largest absolute Gasteiger partial charge is 0.384 e. The van der Waals surface area contributed by atoms with Gasteiger partial charge in [0.15, 0.2) is 0 Å². The number of hydrogen-bond donors (Lipinski definition) is 1. The molecule has 0 saturated carbocycles. The molecular weight excluding hydrogens is 310 g/mol. The Morgan fingerprint density at radius 1 is 1.29 bits per heavy atom. The molecule has 0 spiro atoms. The summed E-state index contributed by atoms with van der Waals surface area (Å²) in [6, 6.07) is 9.67. The number of nitrogens with two attached hydrogens (primary N) is 1. The number of anilines is 1. The number of pyridine rings is 1. The van der Waals surface area contributed by atoms with Crippen LogP contribution in [0.2, 0.25) is 5.02 Å². The summed E-state index contributed by atoms with van der Waals surface area (Å²) in [7, 11) is -2.12. The molecule has 1 aromatic carbocycles. The molecule has 0 aliphatic heterocycles. The van der Waals surface area contributed by atoms with Crippen LogP contribution >= 0.6 is 11.6 Å². The highest BCUT2D eigenvalue weighted by Gasteiger charge is 2.26. The van der Waals surface area contributed by atoms with Crippen molar-refractivity contribution < 1.29 is 8.42 Å². The molecule has 0 radical (unpaired) electrons. The van der Waals surface area contributed by atoms with Crippen molar-refractivity contribution in [1.82, 2.24) is 9.29 Å². The minimum absolute atomic E-state index is 0.105. The van der Waals surface area contributed by atoms with Crippen molar-refractivity contribution in [2.24, 2.45) is 0 Å². The van der Waals surface area contributed by atoms with E-state index in [9.17, 15) is 8.42 Å². The summed E-state index contributed by atoms with van der Waals surface area (Å²) in [5.74, 6) is 0.277. The normalized spacial score (nSPS) is 13.3. The molecule has 1 unspecified atom stereocenters. The van der Waals surface area contributed by atoms with Gasteiger partial charge in [-0.2, -0.15) is 4.31 Å². The van der Waals surface area contributed by atoms with Gasteiger partial charge in [-0.15, -0.1) is 0 Å². The topological polar surface area (TPSA) is 76.3 Å². The molecule has 0 aliphatic carbocycles. The lowest BCUT2D eigenvalue weighted by Gasteiger charge is -2.24. The second kappa shape index (κ2) is 6.01. The molecule has 1 aromatic heterocycles. The van der Waals surface area contributed by atoms with Gasteiger partial charge in [0.2, 0.25) is 10.0 Å². The van der Waals surface area contributed by atoms with E-state index >= 15 is 0 Å². The van der Waals surface area contributed by atoms with Gasteiger partial charge in [-0.25, -0.2) is 13.4 Å². The highest BCUT2D eigenvalue weighted by atomic mass is 35.5. The Bertz CT molecular complexity index is 732. The van der Waals surface area contributed by atoms with Crippen LogP contribution in [0.3, 0.4) is 0 Å². The molecule has 112 valence electrons. The zero-order valence-electron chi connectivity index (χ0n) is 11.7. The first-order valence-corrected chi connectivity index (χ1v) is 8.09. The summed E-state index contributed by atoms with van der Waals surface area (Å²) in [6.07, 6.45) is 1.26. The van der Waals surface area contributed by atoms with Gasteiger partial charge < -0.3 is 5.73 Å². The van der Waals surface area contributed by atoms with E-state index in [1.54, 1.807) is 25.1 Å². The third-order valence-electron chi connectivity index (χ3n) is 3.31. The van der Waals surface area contributed by atoms with E-state index in [1.807, 2.05) is 6.07 Å². The molecule has 0 amide bonds. The second-order valence-electron chi connectivity index (χ2n) is 4.67. The molecule has 2 N–H and O–H groups in total. The van der Waals surface area contributed by atoms with E-state index in [-0.39, 0.29) is 16.8 Å². The summed E-state index contributed by atoms with van der Waals surface area (Å²) in [6.45, 7) is 1.80. The maximum atomic E-state index is 12.6. The summed E-state index contributed by atoms with van der Waals surface area (Å²) in [5, 5.41) is 0.569. The molecule has 1 heterocycles. The zero-order valence-corrected chi connectivity index (χ0v) is 13.3. The Morgan fingerprint density at radius 2 is 2.00 bits per heavy atom. The highest BCUT2D eigenvalue weighted by molar-refractivity contribution is 7.89. The molecule has 1 atom stereocenters. The summed E-state index contributed by atoms with van der Waals surface area (Å²) >= 11 is 5.95. The molecule has 0 saturated heterocycles. The van der Waals surface area contributed by atoms with Crippen LogP contribution in [-0.4, -0.2) is 24.8 Å². The van der Waals surface area contributed by atoms with Crippen LogP contribution in [0.1, 0.15) is 18.5 Å². The highest BCUT2D eigenvalue weighted by Crippen LogP contribution is 2.27. The fraction of sp³-hybridized carbons (Fsp3) is 0.214. The fourth-order valence-corrected chi connectivity index (χ4v) is 3.39. The van der Waals surface area contributed by atoms with Crippen LogP contribution in [0.5, 0.6) is 0 Å². The Hall–Kier alpha value is -1.63. The summed E-state index contributed by atoms with van der Waals surface area (Å²) < 4.78 is 26.4. The summed E-state index contributed by atoms with van der Waals surface area (Å²) in [4.78, 5) is 3.93. The van der Waals surface area contributed by atoms with Crippen LogP contribution in [-0.2, 0) is 10.0 Å². The molecular formula is C14H16ClN3O2S. The molecule has 2 rings (SSSR count). The molecule has 21 heavy (non-hydrogen) atoms. The van der Waals surface area contributed by atoms with E-state index in [1.165, 1.54) is 29.7 Å². The molecule has 7 heteroatoms. The number of halogens is 1. The van der Waals surface area contributed by atoms with Gasteiger partial charge >= 0.3 is 0 Å². The number of sulfonamides is 1. The van der Waals surface area contributed by atoms with Gasteiger partial charge in [-0.3, -0.25) is 0 Å². The van der Waals surface area contributed by atoms with Crippen LogP contribution in [0.4, 0.5) is 5.82 Å². The van der Waals surface area contributed by atoms with Gasteiger partial charge in [-0.05, 0) is 36.8 Å². The standard InChI is InChI=1S/C14H16ClN3O2S/c1-10(11-4-3-5-12(15)8-11)18(2)21(19,20)13-6-7-14(16)17-9-13/h3-10H,1-2H3,(H2,16,17). The van der Waals surface area contributed by atoms with E-state index in [0.29, 0.717) is 5.02 Å². The number of nitrogens with zero attached hydrogens (tertiary/aromatic N) is 2. The molecule has 2 aromatic rings. The number of hydrogen-bond acceptors (Lipinski definition) is 4. The number of aromatic nitrogens is 1. The van der Waals surface area contributed by atoms with Gasteiger partial charge in [0, 0.05) is 24.3 Å². The molecule has 5 nitrogen and oxygen atoms in total. The lowest BCUT2D eigenvalue weighted by molar-refractivity contribution is 0.398. The van der Waals surface area contributed by atoms with E-state index in [4.69, 9.17) is 17.3 Å². The Balaban J connectivity index is 2.33. The van der Waals surface area contributed by atoms with Crippen molar-refractivity contribution >= 4 is 27.4 Å². The Labute approximate surface area is 129 Å². The maximum Gasteiger partial charge on any atom is 0.244 e. The fourth-order valence-electron chi connectivity index (χ4n) is 1.90. The average Bonchev–Trinajstić information content (AvgIpc) is 2.46. The van der Waals surface area contributed by atoms with Crippen LogP contribution < -0.4 is 5.73 Å². The second-order valence-corrected chi connectivity index (χ2v) is 7.10. The van der Waals surface area contributed by atoms with Crippen molar-refractivity contribution in [1.29, 1.82) is 0 Å². The summed E-state index contributed by atoms with van der Waals surface area (Å²) in [5.41, 5.74) is 6.30. The molecule has 0 aliphatic rings. The zero-order chi connectivity index (χ0) is 15.6. The minimum Gasteiger partial charge on any atom is -0.384 e. The van der Waals surface area contributed by atoms with E-state index < -0.39 is 10.0 Å². The SMILES string of the molecule is CC(c1cccc(Cl)c1)N(C)S(=O)(=O)c1ccc(N)nc1. The van der Waals surface area contributed by atoms with Crippen molar-refractivity contribution in [3.05, 3.63) is 53.2 Å². The number of nitrogen functional groups attached to an aromatic ring is 1. The number of rotatable bonds is 4. The number of benzene rings is 1. The first-order chi connectivity index (χ1) is 9.82. The lowest BCUT2D eigenvalue weighted by atomic mass is 10.1. The quantitative estimate of drug-likeness (QED) is 0.937. The molecule has 0 fully saturated rings. The first-order valence-electron chi connectivity index (χ1n) is 6.27. The van der Waals surface area contributed by atoms with Gasteiger partial charge in [0.1, 0.15) is 10.7 Å². The van der Waals surface area contributed by atoms with Gasteiger partial charge in [-0.1, -0.05) is 23.7 Å². The Morgan fingerprint density at radius 3 is 2.57 bits per heavy atom. The minimum atomic E-state index is -3.64.